The molecular formula is C46H56Cl2N8O3. The number of benzene rings is 3. The zero-order chi connectivity index (χ0) is 42.1. The number of nitrogens with one attached hydrogen (secondary N) is 1. The molecule has 7 rings (SSSR count). The minimum atomic E-state index is -1.05. The first-order chi connectivity index (χ1) is 28.2. The molecule has 312 valence electrons. The highest BCUT2D eigenvalue weighted by Gasteiger charge is 2.60. The number of nitrogens with zero attached hydrogens (tertiary/aromatic N) is 7. The summed E-state index contributed by atoms with van der Waals surface area (Å²) in [6.07, 6.45) is 1.80. The van der Waals surface area contributed by atoms with E-state index in [1.54, 1.807) is 6.20 Å². The fourth-order valence-corrected chi connectivity index (χ4v) is 8.69. The summed E-state index contributed by atoms with van der Waals surface area (Å²) in [6, 6.07) is 25.5. The van der Waals surface area contributed by atoms with E-state index in [1.165, 1.54) is 0 Å². The number of piperazine rings is 2. The zero-order valence-electron chi connectivity index (χ0n) is 35.3. The average Bonchev–Trinajstić information content (AvgIpc) is 3.48. The van der Waals surface area contributed by atoms with Crippen LogP contribution in [0.25, 0.3) is 0 Å². The summed E-state index contributed by atoms with van der Waals surface area (Å²) >= 11 is 12.9. The van der Waals surface area contributed by atoms with Crippen LogP contribution in [0.5, 0.6) is 5.75 Å². The summed E-state index contributed by atoms with van der Waals surface area (Å²) in [5.74, 6) is 1.20. The van der Waals surface area contributed by atoms with E-state index in [9.17, 15) is 4.79 Å². The second-order valence-electron chi connectivity index (χ2n) is 16.9. The fourth-order valence-electron chi connectivity index (χ4n) is 8.44. The van der Waals surface area contributed by atoms with E-state index in [0.29, 0.717) is 79.6 Å². The molecule has 13 heteroatoms. The predicted octanol–water partition coefficient (Wildman–Crippen LogP) is 8.11. The van der Waals surface area contributed by atoms with Gasteiger partial charge in [0.1, 0.15) is 22.7 Å². The van der Waals surface area contributed by atoms with Gasteiger partial charge in [-0.15, -0.1) is 0 Å². The lowest BCUT2D eigenvalue weighted by atomic mass is 9.71. The van der Waals surface area contributed by atoms with E-state index in [-0.39, 0.29) is 17.4 Å². The summed E-state index contributed by atoms with van der Waals surface area (Å²) in [4.78, 5) is 49.7. The van der Waals surface area contributed by atoms with Crippen molar-refractivity contribution in [1.29, 1.82) is 0 Å². The third kappa shape index (κ3) is 8.34. The van der Waals surface area contributed by atoms with Gasteiger partial charge in [0.05, 0.1) is 18.7 Å². The van der Waals surface area contributed by atoms with Crippen molar-refractivity contribution in [3.63, 3.8) is 0 Å². The lowest BCUT2D eigenvalue weighted by Gasteiger charge is -2.47. The molecule has 0 radical (unpaired) electrons. The lowest BCUT2D eigenvalue weighted by molar-refractivity contribution is -0.133. The smallest absolute Gasteiger partial charge is 0.326 e. The predicted molar refractivity (Wildman–Crippen MR) is 238 cm³/mol. The van der Waals surface area contributed by atoms with Crippen molar-refractivity contribution in [1.82, 2.24) is 24.6 Å². The molecule has 3 amide bonds. The molecule has 0 bridgehead atoms. The Hall–Kier alpha value is -4.84. The molecule has 59 heavy (non-hydrogen) atoms. The second kappa shape index (κ2) is 17.0. The number of hydrogen-bond acceptors (Lipinski definition) is 8. The molecule has 2 saturated heterocycles. The van der Waals surface area contributed by atoms with Gasteiger partial charge in [-0.1, -0.05) is 68.2 Å². The molecule has 3 aliphatic heterocycles. The molecule has 3 aromatic carbocycles. The molecule has 0 aliphatic carbocycles. The summed E-state index contributed by atoms with van der Waals surface area (Å²) in [5, 5.41) is 4.36. The van der Waals surface area contributed by atoms with Crippen LogP contribution in [0.3, 0.4) is 0 Å². The van der Waals surface area contributed by atoms with Crippen molar-refractivity contribution in [2.24, 2.45) is 4.99 Å². The Morgan fingerprint density at radius 2 is 1.37 bits per heavy atom. The molecule has 0 unspecified atom stereocenters. The topological polar surface area (TPSA) is 96.8 Å². The first-order valence-corrected chi connectivity index (χ1v) is 21.3. The molecule has 0 spiro atoms. The molecule has 2 atom stereocenters. The van der Waals surface area contributed by atoms with Crippen molar-refractivity contribution in [2.45, 2.75) is 58.0 Å². The van der Waals surface area contributed by atoms with Gasteiger partial charge in [-0.25, -0.2) is 4.79 Å². The molecule has 1 aromatic heterocycles. The lowest BCUT2D eigenvalue weighted by Crippen LogP contribution is -2.61. The van der Waals surface area contributed by atoms with E-state index >= 15 is 4.79 Å². The van der Waals surface area contributed by atoms with E-state index in [2.05, 4.69) is 74.0 Å². The average molecular weight is 840 g/mol. The number of halogens is 2. The highest BCUT2D eigenvalue weighted by atomic mass is 35.5. The van der Waals surface area contributed by atoms with Crippen LogP contribution in [-0.2, 0) is 21.3 Å². The largest absolute Gasteiger partial charge is 0.493 e. The fraction of sp³-hybridized carbons (Fsp3) is 0.435. The molecule has 3 aliphatic rings. The van der Waals surface area contributed by atoms with Crippen LogP contribution in [0.1, 0.15) is 63.9 Å². The van der Waals surface area contributed by atoms with Crippen LogP contribution in [0, 0.1) is 0 Å². The van der Waals surface area contributed by atoms with Crippen molar-refractivity contribution < 1.29 is 14.3 Å². The highest BCUT2D eigenvalue weighted by Crippen LogP contribution is 2.54. The standard InChI is InChI=1S/C46H56Cl2N8O3/c1-8-59-39-29-40(44(2,3)4)50-30-38(39)42-51-45(5,32-9-13-34(47)14-10-32)46(6,33-11-15-35(48)16-12-33)56(42)43(58)55-23-21-52(22-24-55)31-41(57)54-27-25-53(26-28-54)37-19-17-36(49-7)18-20-37/h9-20,29-30,49H,8,21-28,31H2,1-7H3/t45-,46+/m0/s1. The van der Waals surface area contributed by atoms with Gasteiger partial charge in [0, 0.05) is 104 Å². The van der Waals surface area contributed by atoms with Crippen LogP contribution in [0.2, 0.25) is 10.0 Å². The molecule has 4 aromatic rings. The summed E-state index contributed by atoms with van der Waals surface area (Å²) in [6.45, 7) is 18.1. The summed E-state index contributed by atoms with van der Waals surface area (Å²) in [7, 11) is 1.91. The number of urea groups is 1. The van der Waals surface area contributed by atoms with Gasteiger partial charge in [-0.05, 0) is 80.4 Å². The minimum absolute atomic E-state index is 0.118. The number of aliphatic imine (C=N–C) groups is 1. The number of pyridine rings is 1. The Labute approximate surface area is 358 Å². The zero-order valence-corrected chi connectivity index (χ0v) is 36.8. The molecule has 2 fully saturated rings. The van der Waals surface area contributed by atoms with Crippen LogP contribution < -0.4 is 15.0 Å². The first kappa shape index (κ1) is 42.3. The first-order valence-electron chi connectivity index (χ1n) is 20.5. The maximum atomic E-state index is 15.4. The second-order valence-corrected chi connectivity index (χ2v) is 17.8. The van der Waals surface area contributed by atoms with Crippen LogP contribution in [0.15, 0.2) is 90.1 Å². The number of carbonyl (C=O) groups excluding carboxylic acids is 2. The molecule has 1 N–H and O–H groups in total. The monoisotopic (exact) mass is 838 g/mol. The van der Waals surface area contributed by atoms with E-state index in [4.69, 9.17) is 37.9 Å². The Kier molecular flexibility index (Phi) is 12.2. The third-order valence-electron chi connectivity index (χ3n) is 12.3. The maximum Gasteiger partial charge on any atom is 0.326 e. The van der Waals surface area contributed by atoms with Crippen LogP contribution in [-0.4, -0.2) is 115 Å². The third-order valence-corrected chi connectivity index (χ3v) is 12.8. The van der Waals surface area contributed by atoms with Gasteiger partial charge >= 0.3 is 6.03 Å². The molecule has 0 saturated carbocycles. The molecule has 11 nitrogen and oxygen atoms in total. The van der Waals surface area contributed by atoms with E-state index < -0.39 is 11.1 Å². The van der Waals surface area contributed by atoms with Crippen molar-refractivity contribution >= 4 is 52.4 Å². The maximum absolute atomic E-state index is 15.4. The van der Waals surface area contributed by atoms with Gasteiger partial charge in [0.15, 0.2) is 0 Å². The Morgan fingerprint density at radius 3 is 1.93 bits per heavy atom. The number of aromatic nitrogens is 1. The number of rotatable bonds is 9. The number of ether oxygens (including phenoxy) is 1. The number of amidine groups is 1. The van der Waals surface area contributed by atoms with E-state index in [1.807, 2.05) is 83.3 Å². The van der Waals surface area contributed by atoms with Gasteiger partial charge < -0.3 is 24.8 Å². The van der Waals surface area contributed by atoms with Gasteiger partial charge in [0.25, 0.3) is 0 Å². The van der Waals surface area contributed by atoms with Crippen molar-refractivity contribution in [3.8, 4) is 5.75 Å². The Morgan fingerprint density at radius 1 is 0.797 bits per heavy atom. The Balaban J connectivity index is 1.16. The normalized spacial score (nSPS) is 21.4. The van der Waals surface area contributed by atoms with E-state index in [0.717, 1.165) is 41.3 Å². The number of anilines is 2. The Bertz CT molecular complexity index is 2160. The van der Waals surface area contributed by atoms with Gasteiger partial charge in [-0.2, -0.15) is 0 Å². The molecular weight excluding hydrogens is 783 g/mol. The van der Waals surface area contributed by atoms with Crippen LogP contribution >= 0.6 is 23.2 Å². The van der Waals surface area contributed by atoms with Crippen molar-refractivity contribution in [2.75, 3.05) is 82.8 Å². The molecule has 4 heterocycles. The number of hydrogen-bond donors (Lipinski definition) is 1. The highest BCUT2D eigenvalue weighted by molar-refractivity contribution is 6.30. The van der Waals surface area contributed by atoms with Gasteiger partial charge in [-0.3, -0.25) is 24.6 Å². The van der Waals surface area contributed by atoms with Crippen molar-refractivity contribution in [3.05, 3.63) is 117 Å². The summed E-state index contributed by atoms with van der Waals surface area (Å²) in [5.41, 5.74) is 3.22. The number of carbonyl (C=O) groups is 2. The minimum Gasteiger partial charge on any atom is -0.493 e. The van der Waals surface area contributed by atoms with Gasteiger partial charge in [0.2, 0.25) is 5.91 Å². The number of amides is 3. The quantitative estimate of drug-likeness (QED) is 0.182. The van der Waals surface area contributed by atoms with Crippen LogP contribution in [0.4, 0.5) is 16.2 Å². The SMILES string of the molecule is CCOc1cc(C(C)(C)C)ncc1C1=N[C@@](C)(c2ccc(Cl)cc2)[C@@](C)(c2ccc(Cl)cc2)N1C(=O)N1CCN(CC(=O)N2CCN(c3ccc(NC)cc3)CC2)CC1. The summed E-state index contributed by atoms with van der Waals surface area (Å²) < 4.78 is 6.32.